The second-order valence-corrected chi connectivity index (χ2v) is 6.96. The number of halogens is 1. The molecule has 0 saturated heterocycles. The molecule has 0 bridgehead atoms. The van der Waals surface area contributed by atoms with E-state index >= 15 is 0 Å². The molecule has 1 aromatic heterocycles. The number of nitrogens with two attached hydrogens (primary N) is 1. The molecular formula is C26H25ClN2O2. The van der Waals surface area contributed by atoms with Crippen molar-refractivity contribution in [3.8, 4) is 22.8 Å². The van der Waals surface area contributed by atoms with Crippen molar-refractivity contribution >= 4 is 12.4 Å². The van der Waals surface area contributed by atoms with E-state index < -0.39 is 0 Å². The van der Waals surface area contributed by atoms with Crippen LogP contribution in [0, 0.1) is 0 Å². The Hall–Kier alpha value is -3.34. The lowest BCUT2D eigenvalue weighted by Gasteiger charge is -2.12. The molecule has 158 valence electrons. The minimum absolute atomic E-state index is 0. The lowest BCUT2D eigenvalue weighted by molar-refractivity contribution is 0.294. The van der Waals surface area contributed by atoms with Gasteiger partial charge in [-0.15, -0.1) is 12.4 Å². The Kier molecular flexibility index (Phi) is 8.05. The molecule has 2 N–H and O–H groups in total. The van der Waals surface area contributed by atoms with Gasteiger partial charge in [0.05, 0.1) is 0 Å². The molecule has 4 nitrogen and oxygen atoms in total. The maximum absolute atomic E-state index is 6.01. The van der Waals surface area contributed by atoms with Gasteiger partial charge in [0.2, 0.25) is 5.88 Å². The van der Waals surface area contributed by atoms with Gasteiger partial charge in [-0.3, -0.25) is 0 Å². The van der Waals surface area contributed by atoms with Gasteiger partial charge in [0.25, 0.3) is 0 Å². The van der Waals surface area contributed by atoms with E-state index in [1.54, 1.807) is 0 Å². The standard InChI is InChI=1S/C26H24N2O2.ClH/c27-16-23-15-24(29-18-20-7-3-1-4-8-20)12-13-25(23)22-11-14-26(28-17-22)30-19-21-9-5-2-6-10-21;/h1-15,17H,16,18-19,27H2;1H. The van der Waals surface area contributed by atoms with Gasteiger partial charge < -0.3 is 15.2 Å². The number of pyridine rings is 1. The summed E-state index contributed by atoms with van der Waals surface area (Å²) in [7, 11) is 0. The van der Waals surface area contributed by atoms with E-state index in [0.29, 0.717) is 25.6 Å². The van der Waals surface area contributed by atoms with Crippen LogP contribution in [0.1, 0.15) is 16.7 Å². The molecule has 4 rings (SSSR count). The molecule has 0 radical (unpaired) electrons. The zero-order valence-corrected chi connectivity index (χ0v) is 17.9. The van der Waals surface area contributed by atoms with Crippen molar-refractivity contribution in [2.45, 2.75) is 19.8 Å². The fourth-order valence-electron chi connectivity index (χ4n) is 3.21. The van der Waals surface area contributed by atoms with E-state index in [1.165, 1.54) is 0 Å². The topological polar surface area (TPSA) is 57.4 Å². The van der Waals surface area contributed by atoms with Crippen LogP contribution < -0.4 is 15.2 Å². The van der Waals surface area contributed by atoms with E-state index in [0.717, 1.165) is 33.6 Å². The molecule has 0 aliphatic carbocycles. The summed E-state index contributed by atoms with van der Waals surface area (Å²) < 4.78 is 11.7. The van der Waals surface area contributed by atoms with Crippen LogP contribution in [0.15, 0.2) is 97.2 Å². The maximum Gasteiger partial charge on any atom is 0.213 e. The molecule has 0 unspecified atom stereocenters. The highest BCUT2D eigenvalue weighted by Crippen LogP contribution is 2.28. The minimum atomic E-state index is 0. The van der Waals surface area contributed by atoms with Crippen molar-refractivity contribution in [1.29, 1.82) is 0 Å². The number of aromatic nitrogens is 1. The summed E-state index contributed by atoms with van der Waals surface area (Å²) in [4.78, 5) is 4.45. The molecule has 0 aliphatic rings. The molecule has 0 atom stereocenters. The third kappa shape index (κ3) is 6.07. The molecule has 0 aliphatic heterocycles. The highest BCUT2D eigenvalue weighted by molar-refractivity contribution is 5.85. The van der Waals surface area contributed by atoms with Crippen molar-refractivity contribution in [3.05, 3.63) is 114 Å². The summed E-state index contributed by atoms with van der Waals surface area (Å²) in [6, 6.07) is 30.0. The van der Waals surface area contributed by atoms with Crippen LogP contribution >= 0.6 is 12.4 Å². The smallest absolute Gasteiger partial charge is 0.213 e. The predicted octanol–water partition coefficient (Wildman–Crippen LogP) is 5.79. The van der Waals surface area contributed by atoms with Gasteiger partial charge in [-0.2, -0.15) is 0 Å². The fourth-order valence-corrected chi connectivity index (χ4v) is 3.21. The lowest BCUT2D eigenvalue weighted by Crippen LogP contribution is -2.02. The van der Waals surface area contributed by atoms with E-state index in [1.807, 2.05) is 97.2 Å². The van der Waals surface area contributed by atoms with Crippen molar-refractivity contribution < 1.29 is 9.47 Å². The highest BCUT2D eigenvalue weighted by atomic mass is 35.5. The normalized spacial score (nSPS) is 10.2. The van der Waals surface area contributed by atoms with Crippen molar-refractivity contribution in [1.82, 2.24) is 4.98 Å². The van der Waals surface area contributed by atoms with Crippen molar-refractivity contribution in [2.75, 3.05) is 0 Å². The van der Waals surface area contributed by atoms with Gasteiger partial charge in [-0.05, 0) is 40.5 Å². The van der Waals surface area contributed by atoms with Crippen molar-refractivity contribution in [2.24, 2.45) is 5.73 Å². The number of hydrogen-bond donors (Lipinski definition) is 1. The van der Waals surface area contributed by atoms with Crippen LogP contribution in [0.3, 0.4) is 0 Å². The van der Waals surface area contributed by atoms with E-state index in [4.69, 9.17) is 15.2 Å². The van der Waals surface area contributed by atoms with Crippen LogP contribution in [0.25, 0.3) is 11.1 Å². The molecular weight excluding hydrogens is 408 g/mol. The summed E-state index contributed by atoms with van der Waals surface area (Å²) in [6.45, 7) is 1.44. The van der Waals surface area contributed by atoms with Gasteiger partial charge in [0, 0.05) is 24.4 Å². The molecule has 0 fully saturated rings. The molecule has 4 aromatic rings. The molecule has 0 amide bonds. The van der Waals surface area contributed by atoms with E-state index in [-0.39, 0.29) is 12.4 Å². The Morgan fingerprint density at radius 3 is 1.94 bits per heavy atom. The van der Waals surface area contributed by atoms with E-state index in [9.17, 15) is 0 Å². The Morgan fingerprint density at radius 2 is 1.35 bits per heavy atom. The largest absolute Gasteiger partial charge is 0.489 e. The Balaban J connectivity index is 0.00000272. The van der Waals surface area contributed by atoms with Crippen LogP contribution in [0.2, 0.25) is 0 Å². The van der Waals surface area contributed by atoms with Crippen molar-refractivity contribution in [3.63, 3.8) is 0 Å². The molecule has 1 heterocycles. The number of hydrogen-bond acceptors (Lipinski definition) is 4. The lowest BCUT2D eigenvalue weighted by atomic mass is 10.0. The molecule has 0 spiro atoms. The Bertz CT molecular complexity index is 1070. The van der Waals surface area contributed by atoms with Crippen LogP contribution in [-0.4, -0.2) is 4.98 Å². The first-order valence-corrected chi connectivity index (χ1v) is 9.95. The average Bonchev–Trinajstić information content (AvgIpc) is 2.83. The third-order valence-electron chi connectivity index (χ3n) is 4.82. The summed E-state index contributed by atoms with van der Waals surface area (Å²) in [5.74, 6) is 1.40. The fraction of sp³-hybridized carbons (Fsp3) is 0.115. The molecule has 3 aromatic carbocycles. The number of ether oxygens (including phenoxy) is 2. The van der Waals surface area contributed by atoms with E-state index in [2.05, 4.69) is 4.98 Å². The number of nitrogens with zero attached hydrogens (tertiary/aromatic N) is 1. The number of rotatable bonds is 8. The van der Waals surface area contributed by atoms with Crippen LogP contribution in [0.5, 0.6) is 11.6 Å². The average molecular weight is 433 g/mol. The second-order valence-electron chi connectivity index (χ2n) is 6.96. The van der Waals surface area contributed by atoms with Crippen LogP contribution in [0.4, 0.5) is 0 Å². The van der Waals surface area contributed by atoms with Gasteiger partial charge in [-0.25, -0.2) is 4.98 Å². The minimum Gasteiger partial charge on any atom is -0.489 e. The monoisotopic (exact) mass is 432 g/mol. The van der Waals surface area contributed by atoms with Gasteiger partial charge >= 0.3 is 0 Å². The first-order chi connectivity index (χ1) is 14.8. The zero-order chi connectivity index (χ0) is 20.6. The first kappa shape index (κ1) is 22.3. The maximum atomic E-state index is 6.01. The zero-order valence-electron chi connectivity index (χ0n) is 17.1. The summed E-state index contributed by atoms with van der Waals surface area (Å²) in [6.07, 6.45) is 1.82. The Morgan fingerprint density at radius 1 is 0.710 bits per heavy atom. The quantitative estimate of drug-likeness (QED) is 0.383. The molecule has 31 heavy (non-hydrogen) atoms. The van der Waals surface area contributed by atoms with Gasteiger partial charge in [0.1, 0.15) is 19.0 Å². The summed E-state index contributed by atoms with van der Waals surface area (Å²) in [5, 5.41) is 0. The number of benzene rings is 3. The molecule has 5 heteroatoms. The first-order valence-electron chi connectivity index (χ1n) is 9.95. The predicted molar refractivity (Wildman–Crippen MR) is 126 cm³/mol. The Labute approximate surface area is 189 Å². The third-order valence-corrected chi connectivity index (χ3v) is 4.82. The van der Waals surface area contributed by atoms with Gasteiger partial charge in [-0.1, -0.05) is 66.7 Å². The van der Waals surface area contributed by atoms with Gasteiger partial charge in [0.15, 0.2) is 0 Å². The second kappa shape index (κ2) is 11.2. The molecule has 0 saturated carbocycles. The summed E-state index contributed by atoms with van der Waals surface area (Å²) in [5.41, 5.74) is 11.3. The SMILES string of the molecule is Cl.NCc1cc(OCc2ccccc2)ccc1-c1ccc(OCc2ccccc2)nc1. The highest BCUT2D eigenvalue weighted by Gasteiger charge is 2.08. The van der Waals surface area contributed by atoms with Crippen LogP contribution in [-0.2, 0) is 19.8 Å². The summed E-state index contributed by atoms with van der Waals surface area (Å²) >= 11 is 0.